The van der Waals surface area contributed by atoms with Crippen LogP contribution in [0, 0.1) is 5.92 Å². The number of pyridine rings is 1. The smallest absolute Gasteiger partial charge is 0.166 e. The minimum atomic E-state index is 0.0658. The largest absolute Gasteiger partial charge is 0.383 e. The van der Waals surface area contributed by atoms with Gasteiger partial charge in [0.25, 0.3) is 0 Å². The molecule has 1 atom stereocenters. The van der Waals surface area contributed by atoms with Gasteiger partial charge in [0.15, 0.2) is 5.78 Å². The number of ether oxygens (including phenoxy) is 1. The van der Waals surface area contributed by atoms with Crippen LogP contribution in [0.15, 0.2) is 18.3 Å². The van der Waals surface area contributed by atoms with Gasteiger partial charge in [-0.05, 0) is 24.5 Å². The van der Waals surface area contributed by atoms with Crippen molar-refractivity contribution in [2.45, 2.75) is 12.8 Å². The molecule has 1 aromatic heterocycles. The van der Waals surface area contributed by atoms with E-state index in [2.05, 4.69) is 4.98 Å². The van der Waals surface area contributed by atoms with Crippen LogP contribution in [0.4, 0.5) is 5.82 Å². The number of rotatable bonds is 3. The zero-order valence-corrected chi connectivity index (χ0v) is 8.48. The molecule has 4 heteroatoms. The lowest BCUT2D eigenvalue weighted by Gasteiger charge is -2.07. The zero-order chi connectivity index (χ0) is 10.7. The lowest BCUT2D eigenvalue weighted by atomic mass is 9.98. The summed E-state index contributed by atoms with van der Waals surface area (Å²) in [6.45, 7) is 1.45. The first-order chi connectivity index (χ1) is 7.27. The number of nitrogens with zero attached hydrogens (tertiary/aromatic N) is 1. The van der Waals surface area contributed by atoms with Crippen molar-refractivity contribution in [1.82, 2.24) is 4.98 Å². The second-order valence-electron chi connectivity index (χ2n) is 3.79. The molecule has 1 saturated heterocycles. The molecule has 0 amide bonds. The van der Waals surface area contributed by atoms with Crippen LogP contribution in [0.25, 0.3) is 0 Å². The normalized spacial score (nSPS) is 20.4. The summed E-state index contributed by atoms with van der Waals surface area (Å²) in [7, 11) is 0. The fourth-order valence-electron chi connectivity index (χ4n) is 1.77. The highest BCUT2D eigenvalue weighted by atomic mass is 16.5. The lowest BCUT2D eigenvalue weighted by Crippen LogP contribution is -2.11. The van der Waals surface area contributed by atoms with Crippen LogP contribution in [0.5, 0.6) is 0 Å². The molecular weight excluding hydrogens is 192 g/mol. The summed E-state index contributed by atoms with van der Waals surface area (Å²) in [6.07, 6.45) is 3.06. The minimum Gasteiger partial charge on any atom is -0.383 e. The molecule has 80 valence electrons. The predicted molar refractivity (Wildman–Crippen MR) is 56.5 cm³/mol. The van der Waals surface area contributed by atoms with Crippen LogP contribution < -0.4 is 5.73 Å². The first-order valence-corrected chi connectivity index (χ1v) is 5.09. The molecule has 1 fully saturated rings. The van der Waals surface area contributed by atoms with E-state index in [9.17, 15) is 4.79 Å². The third kappa shape index (κ3) is 2.33. The molecule has 0 aliphatic carbocycles. The summed E-state index contributed by atoms with van der Waals surface area (Å²) in [5, 5.41) is 0. The van der Waals surface area contributed by atoms with E-state index in [1.54, 1.807) is 18.3 Å². The number of carbonyl (C=O) groups excluding carboxylic acids is 1. The van der Waals surface area contributed by atoms with Gasteiger partial charge in [0.05, 0.1) is 5.56 Å². The first kappa shape index (κ1) is 10.1. The fraction of sp³-hybridized carbons (Fsp3) is 0.455. The lowest BCUT2D eigenvalue weighted by molar-refractivity contribution is 0.0953. The Morgan fingerprint density at radius 2 is 2.53 bits per heavy atom. The Labute approximate surface area is 88.4 Å². The van der Waals surface area contributed by atoms with E-state index in [1.165, 1.54) is 0 Å². The highest BCUT2D eigenvalue weighted by molar-refractivity contribution is 6.00. The topological polar surface area (TPSA) is 65.2 Å². The Kier molecular flexibility index (Phi) is 2.97. The second-order valence-corrected chi connectivity index (χ2v) is 3.79. The Morgan fingerprint density at radius 3 is 3.20 bits per heavy atom. The van der Waals surface area contributed by atoms with Crippen LogP contribution in [0.1, 0.15) is 23.2 Å². The Balaban J connectivity index is 2.04. The summed E-state index contributed by atoms with van der Waals surface area (Å²) >= 11 is 0. The fourth-order valence-corrected chi connectivity index (χ4v) is 1.77. The van der Waals surface area contributed by atoms with Crippen molar-refractivity contribution in [2.75, 3.05) is 18.9 Å². The van der Waals surface area contributed by atoms with Gasteiger partial charge < -0.3 is 10.5 Å². The van der Waals surface area contributed by atoms with Crippen LogP contribution in [0.2, 0.25) is 0 Å². The van der Waals surface area contributed by atoms with Crippen molar-refractivity contribution in [3.63, 3.8) is 0 Å². The molecule has 15 heavy (non-hydrogen) atoms. The number of nitrogen functional groups attached to an aromatic ring is 1. The quantitative estimate of drug-likeness (QED) is 0.756. The molecule has 0 saturated carbocycles. The van der Waals surface area contributed by atoms with Gasteiger partial charge >= 0.3 is 0 Å². The summed E-state index contributed by atoms with van der Waals surface area (Å²) in [5.74, 6) is 0.731. The summed E-state index contributed by atoms with van der Waals surface area (Å²) in [6, 6.07) is 3.45. The van der Waals surface area contributed by atoms with Gasteiger partial charge in [0.2, 0.25) is 0 Å². The van der Waals surface area contributed by atoms with E-state index in [-0.39, 0.29) is 5.78 Å². The van der Waals surface area contributed by atoms with E-state index in [0.717, 1.165) is 13.0 Å². The van der Waals surface area contributed by atoms with Crippen molar-refractivity contribution in [2.24, 2.45) is 5.92 Å². The van der Waals surface area contributed by atoms with Gasteiger partial charge in [0, 0.05) is 25.8 Å². The monoisotopic (exact) mass is 206 g/mol. The maximum Gasteiger partial charge on any atom is 0.166 e. The number of aromatic nitrogens is 1. The van der Waals surface area contributed by atoms with Crippen molar-refractivity contribution >= 4 is 11.6 Å². The molecule has 1 aromatic rings. The number of hydrogen-bond donors (Lipinski definition) is 1. The van der Waals surface area contributed by atoms with Crippen molar-refractivity contribution in [3.8, 4) is 0 Å². The van der Waals surface area contributed by atoms with E-state index in [4.69, 9.17) is 10.5 Å². The number of Topliss-reactive ketones (excluding diaryl/α,β-unsaturated/α-hetero) is 1. The standard InChI is InChI=1S/C11H14N2O2/c12-11-9(2-1-4-13-11)10(14)6-8-3-5-15-7-8/h1-2,4,8H,3,5-7H2,(H2,12,13). The average molecular weight is 206 g/mol. The van der Waals surface area contributed by atoms with Crippen LogP contribution in [0.3, 0.4) is 0 Å². The van der Waals surface area contributed by atoms with Gasteiger partial charge in [-0.3, -0.25) is 4.79 Å². The van der Waals surface area contributed by atoms with Gasteiger partial charge in [-0.1, -0.05) is 0 Å². The average Bonchev–Trinajstić information content (AvgIpc) is 2.71. The van der Waals surface area contributed by atoms with Gasteiger partial charge in [-0.25, -0.2) is 4.98 Å². The van der Waals surface area contributed by atoms with Crippen molar-refractivity contribution in [1.29, 1.82) is 0 Å². The van der Waals surface area contributed by atoms with Gasteiger partial charge in [-0.2, -0.15) is 0 Å². The van der Waals surface area contributed by atoms with E-state index in [1.807, 2.05) is 0 Å². The van der Waals surface area contributed by atoms with Gasteiger partial charge in [-0.15, -0.1) is 0 Å². The van der Waals surface area contributed by atoms with E-state index < -0.39 is 0 Å². The molecule has 0 bridgehead atoms. The molecule has 4 nitrogen and oxygen atoms in total. The summed E-state index contributed by atoms with van der Waals surface area (Å²) < 4.78 is 5.22. The van der Waals surface area contributed by atoms with Crippen LogP contribution >= 0.6 is 0 Å². The molecule has 1 aliphatic heterocycles. The van der Waals surface area contributed by atoms with Crippen LogP contribution in [-0.2, 0) is 4.74 Å². The zero-order valence-electron chi connectivity index (χ0n) is 8.48. The molecule has 0 radical (unpaired) electrons. The summed E-state index contributed by atoms with van der Waals surface area (Å²) in [4.78, 5) is 15.7. The highest BCUT2D eigenvalue weighted by Gasteiger charge is 2.21. The highest BCUT2D eigenvalue weighted by Crippen LogP contribution is 2.20. The molecule has 1 unspecified atom stereocenters. The molecule has 2 rings (SSSR count). The molecule has 2 heterocycles. The maximum absolute atomic E-state index is 11.8. The predicted octanol–water partition coefficient (Wildman–Crippen LogP) is 1.27. The maximum atomic E-state index is 11.8. The van der Waals surface area contributed by atoms with Crippen molar-refractivity contribution in [3.05, 3.63) is 23.9 Å². The summed E-state index contributed by atoms with van der Waals surface area (Å²) in [5.41, 5.74) is 6.16. The Morgan fingerprint density at radius 1 is 1.67 bits per heavy atom. The number of nitrogens with two attached hydrogens (primary N) is 1. The third-order valence-corrected chi connectivity index (χ3v) is 2.64. The molecule has 1 aliphatic rings. The Hall–Kier alpha value is -1.42. The number of hydrogen-bond acceptors (Lipinski definition) is 4. The van der Waals surface area contributed by atoms with Gasteiger partial charge in [0.1, 0.15) is 5.82 Å². The van der Waals surface area contributed by atoms with E-state index in [0.29, 0.717) is 30.3 Å². The van der Waals surface area contributed by atoms with Crippen molar-refractivity contribution < 1.29 is 9.53 Å². The second kappa shape index (κ2) is 4.40. The van der Waals surface area contributed by atoms with Crippen LogP contribution in [-0.4, -0.2) is 24.0 Å². The minimum absolute atomic E-state index is 0.0658. The number of anilines is 1. The molecule has 0 aromatic carbocycles. The molecule has 2 N–H and O–H groups in total. The van der Waals surface area contributed by atoms with E-state index >= 15 is 0 Å². The number of ketones is 1. The number of carbonyl (C=O) groups is 1. The molecule has 0 spiro atoms. The molecular formula is C11H14N2O2. The SMILES string of the molecule is Nc1ncccc1C(=O)CC1CCOC1. The third-order valence-electron chi connectivity index (χ3n) is 2.64. The Bertz CT molecular complexity index is 359. The first-order valence-electron chi connectivity index (χ1n) is 5.09.